The SMILES string of the molecule is [CH2]C1COCC(COC)O1. The summed E-state index contributed by atoms with van der Waals surface area (Å²) in [4.78, 5) is 0. The van der Waals surface area contributed by atoms with Crippen LogP contribution in [0.4, 0.5) is 0 Å². The van der Waals surface area contributed by atoms with Crippen molar-refractivity contribution < 1.29 is 14.2 Å². The molecule has 1 heterocycles. The predicted molar refractivity (Wildman–Crippen MR) is 36.7 cm³/mol. The molecule has 1 rings (SSSR count). The summed E-state index contributed by atoms with van der Waals surface area (Å²) in [5, 5.41) is 0. The average Bonchev–Trinajstić information content (AvgIpc) is 1.88. The first-order chi connectivity index (χ1) is 4.83. The van der Waals surface area contributed by atoms with E-state index in [1.165, 1.54) is 0 Å². The fourth-order valence-electron chi connectivity index (χ4n) is 0.955. The first-order valence-corrected chi connectivity index (χ1v) is 3.38. The van der Waals surface area contributed by atoms with Crippen LogP contribution in [0.5, 0.6) is 0 Å². The molecule has 0 saturated carbocycles. The maximum Gasteiger partial charge on any atom is 0.105 e. The molecule has 3 heteroatoms. The van der Waals surface area contributed by atoms with Crippen LogP contribution in [0.3, 0.4) is 0 Å². The van der Waals surface area contributed by atoms with Crippen molar-refractivity contribution in [3.05, 3.63) is 6.92 Å². The highest BCUT2D eigenvalue weighted by molar-refractivity contribution is 4.68. The van der Waals surface area contributed by atoms with Gasteiger partial charge in [0, 0.05) is 7.11 Å². The van der Waals surface area contributed by atoms with Crippen molar-refractivity contribution in [2.24, 2.45) is 0 Å². The third-order valence-electron chi connectivity index (χ3n) is 1.34. The monoisotopic (exact) mass is 145 g/mol. The van der Waals surface area contributed by atoms with E-state index in [1.807, 2.05) is 0 Å². The van der Waals surface area contributed by atoms with Crippen molar-refractivity contribution in [2.75, 3.05) is 26.9 Å². The van der Waals surface area contributed by atoms with Gasteiger partial charge in [-0.2, -0.15) is 0 Å². The molecule has 0 aliphatic carbocycles. The largest absolute Gasteiger partial charge is 0.382 e. The van der Waals surface area contributed by atoms with Gasteiger partial charge in [-0.05, 0) is 6.92 Å². The smallest absolute Gasteiger partial charge is 0.105 e. The Labute approximate surface area is 61.3 Å². The third-order valence-corrected chi connectivity index (χ3v) is 1.34. The number of ether oxygens (including phenoxy) is 3. The van der Waals surface area contributed by atoms with Crippen LogP contribution < -0.4 is 0 Å². The van der Waals surface area contributed by atoms with Gasteiger partial charge in [0.05, 0.1) is 25.9 Å². The summed E-state index contributed by atoms with van der Waals surface area (Å²) < 4.78 is 15.4. The van der Waals surface area contributed by atoms with Crippen molar-refractivity contribution >= 4 is 0 Å². The molecule has 0 amide bonds. The van der Waals surface area contributed by atoms with Gasteiger partial charge in [0.25, 0.3) is 0 Å². The lowest BCUT2D eigenvalue weighted by molar-refractivity contribution is -0.138. The van der Waals surface area contributed by atoms with E-state index in [9.17, 15) is 0 Å². The molecular formula is C7H13O3. The van der Waals surface area contributed by atoms with Crippen molar-refractivity contribution in [3.63, 3.8) is 0 Å². The van der Waals surface area contributed by atoms with Gasteiger partial charge >= 0.3 is 0 Å². The van der Waals surface area contributed by atoms with E-state index >= 15 is 0 Å². The summed E-state index contributed by atoms with van der Waals surface area (Å²) >= 11 is 0. The molecule has 1 saturated heterocycles. The maximum atomic E-state index is 5.37. The summed E-state index contributed by atoms with van der Waals surface area (Å²) in [6.07, 6.45) is 0.0372. The molecule has 2 atom stereocenters. The Morgan fingerprint density at radius 3 is 3.00 bits per heavy atom. The van der Waals surface area contributed by atoms with Crippen molar-refractivity contribution in [1.82, 2.24) is 0 Å². The number of hydrogen-bond donors (Lipinski definition) is 0. The Morgan fingerprint density at radius 2 is 2.40 bits per heavy atom. The first kappa shape index (κ1) is 7.98. The Morgan fingerprint density at radius 1 is 1.60 bits per heavy atom. The Hall–Kier alpha value is -0.120. The Balaban J connectivity index is 2.18. The zero-order valence-corrected chi connectivity index (χ0v) is 6.21. The van der Waals surface area contributed by atoms with E-state index < -0.39 is 0 Å². The standard InChI is InChI=1S/C7H13O3/c1-6-3-9-5-7(10-6)4-8-2/h6-7H,1,3-5H2,2H3. The highest BCUT2D eigenvalue weighted by Gasteiger charge is 2.18. The highest BCUT2D eigenvalue weighted by atomic mass is 16.6. The Kier molecular flexibility index (Phi) is 3.12. The van der Waals surface area contributed by atoms with Gasteiger partial charge in [0.1, 0.15) is 6.10 Å². The van der Waals surface area contributed by atoms with Crippen LogP contribution in [-0.2, 0) is 14.2 Å². The molecule has 3 nitrogen and oxygen atoms in total. The maximum absolute atomic E-state index is 5.37. The first-order valence-electron chi connectivity index (χ1n) is 3.38. The second-order valence-corrected chi connectivity index (χ2v) is 2.37. The lowest BCUT2D eigenvalue weighted by Crippen LogP contribution is -2.37. The molecule has 2 unspecified atom stereocenters. The zero-order valence-electron chi connectivity index (χ0n) is 6.21. The minimum Gasteiger partial charge on any atom is -0.382 e. The molecule has 0 spiro atoms. The van der Waals surface area contributed by atoms with Gasteiger partial charge < -0.3 is 14.2 Å². The van der Waals surface area contributed by atoms with Gasteiger partial charge in [0.15, 0.2) is 0 Å². The van der Waals surface area contributed by atoms with Crippen LogP contribution >= 0.6 is 0 Å². The topological polar surface area (TPSA) is 27.7 Å². The van der Waals surface area contributed by atoms with E-state index in [0.29, 0.717) is 19.8 Å². The van der Waals surface area contributed by atoms with Crippen LogP contribution in [0.1, 0.15) is 0 Å². The molecule has 59 valence electrons. The van der Waals surface area contributed by atoms with E-state index in [4.69, 9.17) is 14.2 Å². The van der Waals surface area contributed by atoms with Crippen LogP contribution in [0.25, 0.3) is 0 Å². The van der Waals surface area contributed by atoms with Gasteiger partial charge in [-0.3, -0.25) is 0 Å². The molecule has 1 radical (unpaired) electrons. The van der Waals surface area contributed by atoms with Gasteiger partial charge in [-0.15, -0.1) is 0 Å². The van der Waals surface area contributed by atoms with Crippen molar-refractivity contribution in [3.8, 4) is 0 Å². The second-order valence-electron chi connectivity index (χ2n) is 2.37. The molecule has 10 heavy (non-hydrogen) atoms. The summed E-state index contributed by atoms with van der Waals surface area (Å²) in [5.41, 5.74) is 0. The molecule has 0 aromatic rings. The minimum absolute atomic E-state index is 0.0334. The molecule has 0 aromatic heterocycles. The molecule has 0 bridgehead atoms. The van der Waals surface area contributed by atoms with Crippen LogP contribution in [-0.4, -0.2) is 39.1 Å². The lowest BCUT2D eigenvalue weighted by atomic mass is 10.3. The van der Waals surface area contributed by atoms with Crippen LogP contribution in [0, 0.1) is 6.92 Å². The quantitative estimate of drug-likeness (QED) is 0.557. The van der Waals surface area contributed by atoms with E-state index in [-0.39, 0.29) is 12.2 Å². The van der Waals surface area contributed by atoms with Crippen LogP contribution in [0.15, 0.2) is 0 Å². The van der Waals surface area contributed by atoms with Crippen molar-refractivity contribution in [2.45, 2.75) is 12.2 Å². The molecular weight excluding hydrogens is 132 g/mol. The molecule has 0 aromatic carbocycles. The van der Waals surface area contributed by atoms with E-state index in [1.54, 1.807) is 7.11 Å². The third kappa shape index (κ3) is 2.25. The molecule has 1 aliphatic heterocycles. The fourth-order valence-corrected chi connectivity index (χ4v) is 0.955. The van der Waals surface area contributed by atoms with E-state index in [0.717, 1.165) is 0 Å². The van der Waals surface area contributed by atoms with E-state index in [2.05, 4.69) is 6.92 Å². The van der Waals surface area contributed by atoms with Gasteiger partial charge in [-0.1, -0.05) is 0 Å². The lowest BCUT2D eigenvalue weighted by Gasteiger charge is -2.27. The summed E-state index contributed by atoms with van der Waals surface area (Å²) in [7, 11) is 1.65. The van der Waals surface area contributed by atoms with Gasteiger partial charge in [0.2, 0.25) is 0 Å². The summed E-state index contributed by atoms with van der Waals surface area (Å²) in [5.74, 6) is 0. The van der Waals surface area contributed by atoms with Crippen LogP contribution in [0.2, 0.25) is 0 Å². The summed E-state index contributed by atoms with van der Waals surface area (Å²) in [6.45, 7) is 5.54. The van der Waals surface area contributed by atoms with Crippen molar-refractivity contribution in [1.29, 1.82) is 0 Å². The number of rotatable bonds is 2. The molecule has 0 N–H and O–H groups in total. The number of hydrogen-bond acceptors (Lipinski definition) is 3. The normalized spacial score (nSPS) is 34.2. The average molecular weight is 145 g/mol. The summed E-state index contributed by atoms with van der Waals surface area (Å²) in [6, 6.07) is 0. The zero-order chi connectivity index (χ0) is 7.40. The number of methoxy groups -OCH3 is 1. The molecule has 1 fully saturated rings. The predicted octanol–water partition coefficient (Wildman–Crippen LogP) is 0.251. The minimum atomic E-state index is -0.0334. The van der Waals surface area contributed by atoms with Gasteiger partial charge in [-0.25, -0.2) is 0 Å². The Bertz CT molecular complexity index is 92.9. The highest BCUT2D eigenvalue weighted by Crippen LogP contribution is 2.06. The second kappa shape index (κ2) is 3.91. The molecule has 1 aliphatic rings. The fraction of sp³-hybridized carbons (Fsp3) is 0.857.